The largest absolute Gasteiger partial charge is 0.496 e. The summed E-state index contributed by atoms with van der Waals surface area (Å²) in [6.45, 7) is 4.67. The van der Waals surface area contributed by atoms with Gasteiger partial charge in [0.1, 0.15) is 29.1 Å². The summed E-state index contributed by atoms with van der Waals surface area (Å²) in [6, 6.07) is 4.02. The second kappa shape index (κ2) is 7.93. The highest BCUT2D eigenvalue weighted by Crippen LogP contribution is 2.35. The molecule has 0 heterocycles. The molecule has 0 saturated heterocycles. The Morgan fingerprint density at radius 3 is 2.50 bits per heavy atom. The molecule has 0 fully saturated rings. The first kappa shape index (κ1) is 19.7. The van der Waals surface area contributed by atoms with Gasteiger partial charge in [0.2, 0.25) is 0 Å². The van der Waals surface area contributed by atoms with E-state index in [-0.39, 0.29) is 17.9 Å². The highest BCUT2D eigenvalue weighted by atomic mass is 16.6. The molecular formula is C15H22N2O7. The van der Waals surface area contributed by atoms with Crippen molar-refractivity contribution in [2.24, 2.45) is 0 Å². The van der Waals surface area contributed by atoms with Crippen LogP contribution in [0.5, 0.6) is 5.75 Å². The third kappa shape index (κ3) is 5.36. The zero-order valence-corrected chi connectivity index (χ0v) is 14.0. The molecule has 24 heavy (non-hydrogen) atoms. The Morgan fingerprint density at radius 1 is 1.38 bits per heavy atom. The van der Waals surface area contributed by atoms with Gasteiger partial charge in [-0.1, -0.05) is 6.07 Å². The van der Waals surface area contributed by atoms with Crippen LogP contribution in [0.25, 0.3) is 0 Å². The monoisotopic (exact) mass is 342 g/mol. The lowest BCUT2D eigenvalue weighted by atomic mass is 10.0. The van der Waals surface area contributed by atoms with Crippen LogP contribution in [0.4, 0.5) is 10.5 Å². The van der Waals surface area contributed by atoms with Gasteiger partial charge in [0.25, 0.3) is 5.69 Å². The number of hydrogen-bond donors (Lipinski definition) is 3. The van der Waals surface area contributed by atoms with E-state index in [1.165, 1.54) is 25.3 Å². The quantitative estimate of drug-likeness (QED) is 0.527. The van der Waals surface area contributed by atoms with Crippen molar-refractivity contribution in [3.8, 4) is 5.75 Å². The van der Waals surface area contributed by atoms with Crippen molar-refractivity contribution in [2.75, 3.05) is 13.7 Å². The van der Waals surface area contributed by atoms with Crippen molar-refractivity contribution in [1.82, 2.24) is 5.32 Å². The molecule has 3 N–H and O–H groups in total. The number of nitrogens with zero attached hydrogens (tertiary/aromatic N) is 1. The van der Waals surface area contributed by atoms with Crippen LogP contribution in [0.2, 0.25) is 0 Å². The molecule has 0 aromatic heterocycles. The SMILES string of the molecule is COc1cccc([N+](=O)[O-])c1C(O)C(O)CNC(=O)OC(C)(C)C. The first-order chi connectivity index (χ1) is 11.1. The van der Waals surface area contributed by atoms with Crippen LogP contribution < -0.4 is 10.1 Å². The first-order valence-electron chi connectivity index (χ1n) is 7.21. The molecule has 134 valence electrons. The van der Waals surface area contributed by atoms with Crippen LogP contribution in [0.15, 0.2) is 18.2 Å². The summed E-state index contributed by atoms with van der Waals surface area (Å²) in [5, 5.41) is 33.7. The van der Waals surface area contributed by atoms with Crippen molar-refractivity contribution in [1.29, 1.82) is 0 Å². The van der Waals surface area contributed by atoms with Gasteiger partial charge in [-0.3, -0.25) is 10.1 Å². The van der Waals surface area contributed by atoms with E-state index in [1.54, 1.807) is 20.8 Å². The minimum atomic E-state index is -1.63. The number of carbonyl (C=O) groups is 1. The van der Waals surface area contributed by atoms with Gasteiger partial charge in [-0.2, -0.15) is 0 Å². The maximum absolute atomic E-state index is 11.6. The van der Waals surface area contributed by atoms with Crippen molar-refractivity contribution in [2.45, 2.75) is 38.6 Å². The fourth-order valence-electron chi connectivity index (χ4n) is 1.97. The lowest BCUT2D eigenvalue weighted by Gasteiger charge is -2.22. The van der Waals surface area contributed by atoms with Gasteiger partial charge >= 0.3 is 6.09 Å². The third-order valence-electron chi connectivity index (χ3n) is 2.97. The number of alkyl carbamates (subject to hydrolysis) is 1. The van der Waals surface area contributed by atoms with Gasteiger partial charge in [0.15, 0.2) is 0 Å². The molecule has 0 aliphatic heterocycles. The minimum absolute atomic E-state index is 0.0630. The number of nitrogens with one attached hydrogen (secondary N) is 1. The average Bonchev–Trinajstić information content (AvgIpc) is 2.49. The average molecular weight is 342 g/mol. The number of ether oxygens (including phenoxy) is 2. The fourth-order valence-corrected chi connectivity index (χ4v) is 1.97. The summed E-state index contributed by atoms with van der Waals surface area (Å²) in [5.41, 5.74) is -1.27. The zero-order chi connectivity index (χ0) is 18.5. The Kier molecular flexibility index (Phi) is 6.50. The van der Waals surface area contributed by atoms with E-state index < -0.39 is 34.5 Å². The molecule has 0 aliphatic carbocycles. The van der Waals surface area contributed by atoms with Gasteiger partial charge in [-0.15, -0.1) is 0 Å². The number of aliphatic hydroxyl groups is 2. The van der Waals surface area contributed by atoms with Crippen LogP contribution in [-0.4, -0.2) is 46.6 Å². The second-order valence-electron chi connectivity index (χ2n) is 6.05. The number of carbonyl (C=O) groups excluding carboxylic acids is 1. The van der Waals surface area contributed by atoms with Crippen molar-refractivity contribution >= 4 is 11.8 Å². The Labute approximate surface area is 139 Å². The third-order valence-corrected chi connectivity index (χ3v) is 2.97. The highest BCUT2D eigenvalue weighted by molar-refractivity contribution is 5.67. The number of rotatable bonds is 6. The molecule has 1 aromatic carbocycles. The highest BCUT2D eigenvalue weighted by Gasteiger charge is 2.30. The van der Waals surface area contributed by atoms with Crippen LogP contribution >= 0.6 is 0 Å². The Morgan fingerprint density at radius 2 is 2.00 bits per heavy atom. The fraction of sp³-hybridized carbons (Fsp3) is 0.533. The number of methoxy groups -OCH3 is 1. The van der Waals surface area contributed by atoms with E-state index in [0.29, 0.717) is 0 Å². The summed E-state index contributed by atoms with van der Waals surface area (Å²) < 4.78 is 10.0. The molecule has 0 bridgehead atoms. The molecule has 2 atom stereocenters. The van der Waals surface area contributed by atoms with Crippen molar-refractivity contribution in [3.63, 3.8) is 0 Å². The number of nitro benzene ring substituents is 1. The Hall–Kier alpha value is -2.39. The first-order valence-corrected chi connectivity index (χ1v) is 7.21. The smallest absolute Gasteiger partial charge is 0.407 e. The van der Waals surface area contributed by atoms with Crippen LogP contribution in [-0.2, 0) is 4.74 Å². The standard InChI is InChI=1S/C15H22N2O7/c1-15(2,3)24-14(20)16-8-10(18)13(19)12-9(17(21)22)6-5-7-11(12)23-4/h5-7,10,13,18-19H,8H2,1-4H3,(H,16,20). The summed E-state index contributed by atoms with van der Waals surface area (Å²) in [7, 11) is 1.29. The molecular weight excluding hydrogens is 320 g/mol. The van der Waals surface area contributed by atoms with Crippen LogP contribution in [0.1, 0.15) is 32.4 Å². The van der Waals surface area contributed by atoms with E-state index in [2.05, 4.69) is 5.32 Å². The topological polar surface area (TPSA) is 131 Å². The van der Waals surface area contributed by atoms with Gasteiger partial charge in [0, 0.05) is 12.6 Å². The number of amides is 1. The maximum atomic E-state index is 11.6. The number of benzene rings is 1. The number of nitro groups is 1. The predicted octanol–water partition coefficient (Wildman–Crippen LogP) is 1.52. The lowest BCUT2D eigenvalue weighted by molar-refractivity contribution is -0.386. The van der Waals surface area contributed by atoms with Crippen molar-refractivity contribution < 1.29 is 29.4 Å². The minimum Gasteiger partial charge on any atom is -0.496 e. The molecule has 9 nitrogen and oxygen atoms in total. The summed E-state index contributed by atoms with van der Waals surface area (Å²) in [4.78, 5) is 22.0. The summed E-state index contributed by atoms with van der Waals surface area (Å²) in [6.07, 6.45) is -3.90. The zero-order valence-electron chi connectivity index (χ0n) is 14.0. The van der Waals surface area contributed by atoms with E-state index in [9.17, 15) is 25.1 Å². The maximum Gasteiger partial charge on any atom is 0.407 e. The molecule has 0 spiro atoms. The van der Waals surface area contributed by atoms with Gasteiger partial charge in [-0.05, 0) is 26.8 Å². The normalized spacial score (nSPS) is 13.8. The molecule has 2 unspecified atom stereocenters. The van der Waals surface area contributed by atoms with Gasteiger partial charge < -0.3 is 25.0 Å². The second-order valence-corrected chi connectivity index (χ2v) is 6.05. The molecule has 0 saturated carbocycles. The van der Waals surface area contributed by atoms with E-state index >= 15 is 0 Å². The van der Waals surface area contributed by atoms with E-state index in [1.807, 2.05) is 0 Å². The van der Waals surface area contributed by atoms with Crippen molar-refractivity contribution in [3.05, 3.63) is 33.9 Å². The number of aliphatic hydroxyl groups excluding tert-OH is 2. The molecule has 9 heteroatoms. The van der Waals surface area contributed by atoms with E-state index in [4.69, 9.17) is 9.47 Å². The predicted molar refractivity (Wildman–Crippen MR) is 84.9 cm³/mol. The Balaban J connectivity index is 2.88. The van der Waals surface area contributed by atoms with Crippen LogP contribution in [0.3, 0.4) is 0 Å². The molecule has 0 radical (unpaired) electrons. The van der Waals surface area contributed by atoms with Crippen LogP contribution in [0, 0.1) is 10.1 Å². The lowest BCUT2D eigenvalue weighted by Crippen LogP contribution is -2.39. The Bertz CT molecular complexity index is 598. The number of hydrogen-bond acceptors (Lipinski definition) is 7. The summed E-state index contributed by atoms with van der Waals surface area (Å²) in [5.74, 6) is 0.0630. The molecule has 1 amide bonds. The van der Waals surface area contributed by atoms with Gasteiger partial charge in [0.05, 0.1) is 12.0 Å². The summed E-state index contributed by atoms with van der Waals surface area (Å²) >= 11 is 0. The molecule has 0 aliphatic rings. The van der Waals surface area contributed by atoms with E-state index in [0.717, 1.165) is 0 Å². The van der Waals surface area contributed by atoms with Gasteiger partial charge in [-0.25, -0.2) is 4.79 Å². The molecule has 1 rings (SSSR count). The molecule has 1 aromatic rings.